The molecule has 0 amide bonds. The van der Waals surface area contributed by atoms with Crippen LogP contribution in [0.3, 0.4) is 0 Å². The van der Waals surface area contributed by atoms with Crippen LogP contribution >= 0.6 is 0 Å². The zero-order valence-corrected chi connectivity index (χ0v) is 16.9. The van der Waals surface area contributed by atoms with Gasteiger partial charge in [0.15, 0.2) is 0 Å². The molecule has 0 aromatic rings. The molecule has 25 heavy (non-hydrogen) atoms. The Kier molecular flexibility index (Phi) is 47.8. The molecule has 4 N–H and O–H groups in total. The Bertz CT molecular complexity index is 215. The first-order valence-electron chi connectivity index (χ1n) is 8.13. The van der Waals surface area contributed by atoms with Gasteiger partial charge in [0.25, 0.3) is 0 Å². The molecule has 1 heterocycles. The largest absolute Gasteiger partial charge is 0.396 e. The van der Waals surface area contributed by atoms with Gasteiger partial charge < -0.3 is 25.2 Å². The summed E-state index contributed by atoms with van der Waals surface area (Å²) in [6, 6.07) is 0. The Hall–Kier alpha value is -1.24. The first kappa shape index (κ1) is 35.0. The molecule has 1 aliphatic rings. The van der Waals surface area contributed by atoms with E-state index in [2.05, 4.69) is 33.2 Å². The molecular formula is C20H42O5. The molecule has 1 atom stereocenters. The standard InChI is InChI=1S/C5H12O4.C3H6O.4C3H6/c6-1-5(2-7,3-8)4-9;1-3-2-4-3;4*1-3-2/h6-9H,1-4H2;3H,2H2,1H3;4*3H,1H2,2H3. The lowest BCUT2D eigenvalue weighted by molar-refractivity contribution is -0.0328. The molecular weight excluding hydrogens is 320 g/mol. The van der Waals surface area contributed by atoms with Crippen LogP contribution in [-0.2, 0) is 4.74 Å². The van der Waals surface area contributed by atoms with Crippen molar-refractivity contribution in [1.29, 1.82) is 0 Å². The van der Waals surface area contributed by atoms with E-state index in [1.165, 1.54) is 0 Å². The van der Waals surface area contributed by atoms with E-state index in [-0.39, 0.29) is 0 Å². The number of allylic oxidation sites excluding steroid dienone is 4. The zero-order chi connectivity index (χ0) is 21.1. The Labute approximate surface area is 155 Å². The average molecular weight is 363 g/mol. The summed E-state index contributed by atoms with van der Waals surface area (Å²) in [5.41, 5.74) is -1.11. The highest BCUT2D eigenvalue weighted by Gasteiger charge is 2.26. The second-order valence-electron chi connectivity index (χ2n) is 4.91. The van der Waals surface area contributed by atoms with Crippen molar-refractivity contribution in [3.63, 3.8) is 0 Å². The molecule has 0 saturated carbocycles. The molecule has 1 fully saturated rings. The third-order valence-electron chi connectivity index (χ3n) is 1.84. The highest BCUT2D eigenvalue weighted by atomic mass is 16.6. The summed E-state index contributed by atoms with van der Waals surface area (Å²) in [5, 5.41) is 34.0. The van der Waals surface area contributed by atoms with Crippen molar-refractivity contribution >= 4 is 0 Å². The minimum atomic E-state index is -1.11. The maximum absolute atomic E-state index is 8.50. The van der Waals surface area contributed by atoms with Crippen LogP contribution in [-0.4, -0.2) is 59.6 Å². The van der Waals surface area contributed by atoms with Crippen LogP contribution in [0.5, 0.6) is 0 Å². The van der Waals surface area contributed by atoms with Gasteiger partial charge in [-0.15, -0.1) is 26.3 Å². The third-order valence-corrected chi connectivity index (χ3v) is 1.84. The van der Waals surface area contributed by atoms with Gasteiger partial charge in [-0.3, -0.25) is 0 Å². The summed E-state index contributed by atoms with van der Waals surface area (Å²) in [6.07, 6.45) is 7.58. The molecule has 0 bridgehead atoms. The third kappa shape index (κ3) is 51.8. The molecule has 0 aromatic heterocycles. The van der Waals surface area contributed by atoms with Crippen LogP contribution in [0, 0.1) is 5.41 Å². The van der Waals surface area contributed by atoms with E-state index in [4.69, 9.17) is 25.2 Å². The fraction of sp³-hybridized carbons (Fsp3) is 0.600. The Morgan fingerprint density at radius 2 is 0.880 bits per heavy atom. The quantitative estimate of drug-likeness (QED) is 0.455. The van der Waals surface area contributed by atoms with Gasteiger partial charge >= 0.3 is 0 Å². The maximum Gasteiger partial charge on any atom is 0.0781 e. The van der Waals surface area contributed by atoms with Gasteiger partial charge in [0.05, 0.1) is 44.6 Å². The summed E-state index contributed by atoms with van der Waals surface area (Å²) in [5.74, 6) is 0. The number of rotatable bonds is 4. The smallest absolute Gasteiger partial charge is 0.0781 e. The molecule has 0 aromatic carbocycles. The summed E-state index contributed by atoms with van der Waals surface area (Å²) >= 11 is 0. The molecule has 5 nitrogen and oxygen atoms in total. The minimum Gasteiger partial charge on any atom is -0.396 e. The van der Waals surface area contributed by atoms with Gasteiger partial charge in [-0.05, 0) is 34.6 Å². The van der Waals surface area contributed by atoms with Crippen molar-refractivity contribution in [2.75, 3.05) is 33.0 Å². The average Bonchev–Trinajstić information content (AvgIpc) is 3.36. The normalized spacial score (nSPS) is 12.8. The number of hydrogen-bond acceptors (Lipinski definition) is 5. The number of aliphatic hydroxyl groups excluding tert-OH is 4. The highest BCUT2D eigenvalue weighted by Crippen LogP contribution is 2.11. The molecule has 152 valence electrons. The lowest BCUT2D eigenvalue weighted by atomic mass is 9.93. The Morgan fingerprint density at radius 1 is 0.760 bits per heavy atom. The number of ether oxygens (including phenoxy) is 1. The van der Waals surface area contributed by atoms with Gasteiger partial charge in [-0.2, -0.15) is 0 Å². The second kappa shape index (κ2) is 34.2. The topological polar surface area (TPSA) is 93.5 Å². The predicted molar refractivity (Wildman–Crippen MR) is 110 cm³/mol. The van der Waals surface area contributed by atoms with E-state index >= 15 is 0 Å². The van der Waals surface area contributed by atoms with Crippen molar-refractivity contribution < 1.29 is 25.2 Å². The van der Waals surface area contributed by atoms with Gasteiger partial charge in [0, 0.05) is 0 Å². The lowest BCUT2D eigenvalue weighted by Crippen LogP contribution is -2.37. The number of hydrogen-bond donors (Lipinski definition) is 4. The molecule has 0 radical (unpaired) electrons. The van der Waals surface area contributed by atoms with E-state index in [0.29, 0.717) is 6.10 Å². The van der Waals surface area contributed by atoms with Gasteiger partial charge in [-0.1, -0.05) is 24.3 Å². The van der Waals surface area contributed by atoms with Crippen molar-refractivity contribution in [3.05, 3.63) is 50.6 Å². The maximum atomic E-state index is 8.50. The van der Waals surface area contributed by atoms with Crippen LogP contribution in [0.2, 0.25) is 0 Å². The number of aliphatic hydroxyl groups is 4. The molecule has 0 spiro atoms. The summed E-state index contributed by atoms with van der Waals surface area (Å²) in [7, 11) is 0. The molecule has 5 heteroatoms. The summed E-state index contributed by atoms with van der Waals surface area (Å²) in [4.78, 5) is 0. The summed E-state index contributed by atoms with van der Waals surface area (Å²) in [6.45, 7) is 22.4. The van der Waals surface area contributed by atoms with Crippen molar-refractivity contribution in [2.24, 2.45) is 5.41 Å². The fourth-order valence-electron chi connectivity index (χ4n) is 0.396. The van der Waals surface area contributed by atoms with E-state index in [1.54, 1.807) is 24.3 Å². The van der Waals surface area contributed by atoms with Gasteiger partial charge in [0.2, 0.25) is 0 Å². The Morgan fingerprint density at radius 3 is 0.880 bits per heavy atom. The second-order valence-corrected chi connectivity index (χ2v) is 4.91. The first-order chi connectivity index (χ1) is 11.8. The van der Waals surface area contributed by atoms with Crippen LogP contribution < -0.4 is 0 Å². The van der Waals surface area contributed by atoms with Crippen LogP contribution in [0.1, 0.15) is 34.6 Å². The van der Waals surface area contributed by atoms with Crippen molar-refractivity contribution in [3.8, 4) is 0 Å². The van der Waals surface area contributed by atoms with Gasteiger partial charge in [-0.25, -0.2) is 0 Å². The number of epoxide rings is 1. The molecule has 1 rings (SSSR count). The van der Waals surface area contributed by atoms with Crippen molar-refractivity contribution in [2.45, 2.75) is 40.7 Å². The SMILES string of the molecule is C=CC.C=CC.C=CC.C=CC.CC1CO1.OCC(CO)(CO)CO. The minimum absolute atomic E-state index is 0.406. The zero-order valence-electron chi connectivity index (χ0n) is 16.9. The predicted octanol–water partition coefficient (Wildman–Crippen LogP) is 3.12. The van der Waals surface area contributed by atoms with Crippen LogP contribution in [0.4, 0.5) is 0 Å². The monoisotopic (exact) mass is 362 g/mol. The van der Waals surface area contributed by atoms with Crippen LogP contribution in [0.15, 0.2) is 50.6 Å². The fourth-order valence-corrected chi connectivity index (χ4v) is 0.396. The molecule has 1 aliphatic heterocycles. The lowest BCUT2D eigenvalue weighted by Gasteiger charge is -2.23. The molecule has 1 saturated heterocycles. The highest BCUT2D eigenvalue weighted by molar-refractivity contribution is 4.74. The first-order valence-corrected chi connectivity index (χ1v) is 8.13. The summed E-state index contributed by atoms with van der Waals surface area (Å²) < 4.78 is 4.71. The van der Waals surface area contributed by atoms with Crippen LogP contribution in [0.25, 0.3) is 0 Å². The molecule has 1 unspecified atom stereocenters. The molecule has 0 aliphatic carbocycles. The Balaban J connectivity index is -0.0000000703. The van der Waals surface area contributed by atoms with Gasteiger partial charge in [0.1, 0.15) is 0 Å². The van der Waals surface area contributed by atoms with E-state index in [1.807, 2.05) is 27.7 Å². The van der Waals surface area contributed by atoms with E-state index < -0.39 is 31.8 Å². The van der Waals surface area contributed by atoms with E-state index in [9.17, 15) is 0 Å². The van der Waals surface area contributed by atoms with Crippen molar-refractivity contribution in [1.82, 2.24) is 0 Å². The van der Waals surface area contributed by atoms with E-state index in [0.717, 1.165) is 6.61 Å².